The van der Waals surface area contributed by atoms with Gasteiger partial charge in [-0.2, -0.15) is 12.7 Å². The Morgan fingerprint density at radius 2 is 2.05 bits per heavy atom. The lowest BCUT2D eigenvalue weighted by Gasteiger charge is -2.13. The van der Waals surface area contributed by atoms with Crippen LogP contribution in [0.15, 0.2) is 24.3 Å². The van der Waals surface area contributed by atoms with Gasteiger partial charge in [0.25, 0.3) is 0 Å². The van der Waals surface area contributed by atoms with Crippen LogP contribution in [-0.2, 0) is 15.0 Å². The van der Waals surface area contributed by atoms with E-state index < -0.39 is 22.0 Å². The summed E-state index contributed by atoms with van der Waals surface area (Å²) in [6, 6.07) is 3.65. The maximum absolute atomic E-state index is 13.6. The maximum Gasteiger partial charge on any atom is 0.328 e. The third-order valence-corrected chi connectivity index (χ3v) is 3.57. The average molecular weight is 288 g/mol. The van der Waals surface area contributed by atoms with Gasteiger partial charge in [0, 0.05) is 20.2 Å². The van der Waals surface area contributed by atoms with Gasteiger partial charge in [-0.05, 0) is 23.8 Å². The topological polar surface area (TPSA) is 86.7 Å². The van der Waals surface area contributed by atoms with Gasteiger partial charge < -0.3 is 5.11 Å². The van der Waals surface area contributed by atoms with Crippen LogP contribution in [-0.4, -0.2) is 37.9 Å². The van der Waals surface area contributed by atoms with Gasteiger partial charge in [-0.15, -0.1) is 0 Å². The minimum Gasteiger partial charge on any atom is -0.478 e. The highest BCUT2D eigenvalue weighted by atomic mass is 32.2. The molecule has 0 unspecified atom stereocenters. The molecule has 0 saturated heterocycles. The lowest BCUT2D eigenvalue weighted by Crippen LogP contribution is -2.29. The van der Waals surface area contributed by atoms with Crippen molar-refractivity contribution in [3.63, 3.8) is 0 Å². The van der Waals surface area contributed by atoms with Gasteiger partial charge in [-0.1, -0.05) is 6.07 Å². The van der Waals surface area contributed by atoms with Crippen LogP contribution in [0.5, 0.6) is 0 Å². The number of halogens is 1. The summed E-state index contributed by atoms with van der Waals surface area (Å²) in [5, 5.41) is 8.43. The lowest BCUT2D eigenvalue weighted by atomic mass is 10.2. The predicted octanol–water partition coefficient (Wildman–Crippen LogP) is 1.14. The molecule has 0 amide bonds. The summed E-state index contributed by atoms with van der Waals surface area (Å²) in [7, 11) is -1.16. The van der Waals surface area contributed by atoms with Crippen molar-refractivity contribution in [2.45, 2.75) is 0 Å². The Labute approximate surface area is 110 Å². The van der Waals surface area contributed by atoms with Crippen molar-refractivity contribution in [2.75, 3.05) is 18.8 Å². The minimum atomic E-state index is -3.78. The van der Waals surface area contributed by atoms with E-state index in [4.69, 9.17) is 5.11 Å². The monoisotopic (exact) mass is 288 g/mol. The largest absolute Gasteiger partial charge is 0.478 e. The molecule has 1 aromatic rings. The maximum atomic E-state index is 13.6. The highest BCUT2D eigenvalue weighted by Crippen LogP contribution is 2.18. The van der Waals surface area contributed by atoms with Crippen LogP contribution < -0.4 is 4.72 Å². The van der Waals surface area contributed by atoms with Crippen molar-refractivity contribution in [3.05, 3.63) is 35.7 Å². The van der Waals surface area contributed by atoms with Crippen molar-refractivity contribution in [1.82, 2.24) is 4.31 Å². The molecule has 1 rings (SSSR count). The number of aliphatic carboxylic acids is 1. The van der Waals surface area contributed by atoms with Crippen molar-refractivity contribution >= 4 is 27.9 Å². The SMILES string of the molecule is CN(C)S(=O)(=O)Nc1ccc(/C=C/C(=O)O)cc1F. The molecule has 0 aliphatic heterocycles. The van der Waals surface area contributed by atoms with E-state index in [1.165, 1.54) is 32.3 Å². The van der Waals surface area contributed by atoms with Crippen LogP contribution >= 0.6 is 0 Å². The normalized spacial score (nSPS) is 12.0. The Morgan fingerprint density at radius 1 is 1.42 bits per heavy atom. The van der Waals surface area contributed by atoms with Crippen molar-refractivity contribution in [1.29, 1.82) is 0 Å². The van der Waals surface area contributed by atoms with Crippen molar-refractivity contribution in [3.8, 4) is 0 Å². The summed E-state index contributed by atoms with van der Waals surface area (Å²) < 4.78 is 39.6. The molecular weight excluding hydrogens is 275 g/mol. The molecule has 0 radical (unpaired) electrons. The van der Waals surface area contributed by atoms with Gasteiger partial charge in [0.15, 0.2) is 0 Å². The lowest BCUT2D eigenvalue weighted by molar-refractivity contribution is -0.131. The first kappa shape index (κ1) is 15.1. The van der Waals surface area contributed by atoms with Gasteiger partial charge in [0.05, 0.1) is 5.69 Å². The van der Waals surface area contributed by atoms with E-state index in [9.17, 15) is 17.6 Å². The fraction of sp³-hybridized carbons (Fsp3) is 0.182. The van der Waals surface area contributed by atoms with Crippen molar-refractivity contribution in [2.24, 2.45) is 0 Å². The Hall–Kier alpha value is -1.93. The molecule has 0 spiro atoms. The molecule has 0 aliphatic rings. The standard InChI is InChI=1S/C11H13FN2O4S/c1-14(2)19(17,18)13-10-5-3-8(7-9(10)12)4-6-11(15)16/h3-7,13H,1-2H3,(H,15,16)/b6-4+. The fourth-order valence-electron chi connectivity index (χ4n) is 1.12. The molecule has 6 nitrogen and oxygen atoms in total. The van der Waals surface area contributed by atoms with E-state index in [1.54, 1.807) is 0 Å². The number of carboxylic acid groups (broad SMARTS) is 1. The molecule has 0 atom stereocenters. The van der Waals surface area contributed by atoms with Crippen LogP contribution in [0.3, 0.4) is 0 Å². The number of carbonyl (C=O) groups is 1. The minimum absolute atomic E-state index is 0.207. The molecule has 2 N–H and O–H groups in total. The van der Waals surface area contributed by atoms with Crippen LogP contribution in [0.4, 0.5) is 10.1 Å². The van der Waals surface area contributed by atoms with Gasteiger partial charge in [-0.3, -0.25) is 4.72 Å². The van der Waals surface area contributed by atoms with E-state index in [-0.39, 0.29) is 5.69 Å². The van der Waals surface area contributed by atoms with E-state index >= 15 is 0 Å². The highest BCUT2D eigenvalue weighted by Gasteiger charge is 2.15. The molecule has 0 bridgehead atoms. The predicted molar refractivity (Wildman–Crippen MR) is 69.3 cm³/mol. The summed E-state index contributed by atoms with van der Waals surface area (Å²) in [5.74, 6) is -1.95. The zero-order chi connectivity index (χ0) is 14.6. The summed E-state index contributed by atoms with van der Waals surface area (Å²) >= 11 is 0. The van der Waals surface area contributed by atoms with E-state index in [2.05, 4.69) is 4.72 Å². The van der Waals surface area contributed by atoms with Gasteiger partial charge in [0.1, 0.15) is 5.82 Å². The molecule has 0 aliphatic carbocycles. The highest BCUT2D eigenvalue weighted by molar-refractivity contribution is 7.90. The quantitative estimate of drug-likeness (QED) is 0.795. The molecule has 8 heteroatoms. The number of hydrogen-bond donors (Lipinski definition) is 2. The Morgan fingerprint density at radius 3 is 2.53 bits per heavy atom. The van der Waals surface area contributed by atoms with Gasteiger partial charge in [-0.25, -0.2) is 9.18 Å². The van der Waals surface area contributed by atoms with E-state index in [1.807, 2.05) is 0 Å². The van der Waals surface area contributed by atoms with E-state index in [0.717, 1.165) is 16.4 Å². The number of anilines is 1. The van der Waals surface area contributed by atoms with Crippen LogP contribution in [0.2, 0.25) is 0 Å². The number of hydrogen-bond acceptors (Lipinski definition) is 3. The summed E-state index contributed by atoms with van der Waals surface area (Å²) in [4.78, 5) is 10.3. The number of nitrogens with one attached hydrogen (secondary N) is 1. The number of carboxylic acids is 1. The second kappa shape index (κ2) is 5.81. The molecular formula is C11H13FN2O4S. The molecule has 104 valence electrons. The molecule has 0 fully saturated rings. The second-order valence-corrected chi connectivity index (χ2v) is 5.68. The van der Waals surface area contributed by atoms with Gasteiger partial charge >= 0.3 is 16.2 Å². The third kappa shape index (κ3) is 4.34. The number of rotatable bonds is 5. The van der Waals surface area contributed by atoms with Gasteiger partial charge in [0.2, 0.25) is 0 Å². The average Bonchev–Trinajstić information content (AvgIpc) is 2.29. The number of benzene rings is 1. The molecule has 0 aromatic heterocycles. The zero-order valence-electron chi connectivity index (χ0n) is 10.3. The number of nitrogens with zero attached hydrogens (tertiary/aromatic N) is 1. The summed E-state index contributed by atoms with van der Waals surface area (Å²) in [6.07, 6.45) is 2.06. The summed E-state index contributed by atoms with van der Waals surface area (Å²) in [5.41, 5.74) is 0.105. The third-order valence-electron chi connectivity index (χ3n) is 2.13. The first-order valence-electron chi connectivity index (χ1n) is 5.13. The van der Waals surface area contributed by atoms with E-state index in [0.29, 0.717) is 5.56 Å². The molecule has 19 heavy (non-hydrogen) atoms. The Kier molecular flexibility index (Phi) is 4.62. The Bertz CT molecular complexity index is 611. The molecule has 0 saturated carbocycles. The zero-order valence-corrected chi connectivity index (χ0v) is 11.1. The smallest absolute Gasteiger partial charge is 0.328 e. The molecule has 0 heterocycles. The second-order valence-electron chi connectivity index (χ2n) is 3.80. The Balaban J connectivity index is 2.99. The van der Waals surface area contributed by atoms with Crippen LogP contribution in [0, 0.1) is 5.82 Å². The fourth-order valence-corrected chi connectivity index (χ4v) is 1.74. The van der Waals surface area contributed by atoms with Crippen LogP contribution in [0.1, 0.15) is 5.56 Å². The van der Waals surface area contributed by atoms with Crippen LogP contribution in [0.25, 0.3) is 6.08 Å². The molecule has 1 aromatic carbocycles. The summed E-state index contributed by atoms with van der Waals surface area (Å²) in [6.45, 7) is 0. The first-order chi connectivity index (χ1) is 8.72. The first-order valence-corrected chi connectivity index (χ1v) is 6.57. The van der Waals surface area contributed by atoms with Crippen molar-refractivity contribution < 1.29 is 22.7 Å².